The molecule has 1 unspecified atom stereocenters. The lowest BCUT2D eigenvalue weighted by atomic mass is 10.1. The van der Waals surface area contributed by atoms with E-state index in [0.29, 0.717) is 25.7 Å². The smallest absolute Gasteiger partial charge is 0.234 e. The third-order valence-electron chi connectivity index (χ3n) is 2.58. The van der Waals surface area contributed by atoms with Crippen molar-refractivity contribution in [3.63, 3.8) is 0 Å². The lowest BCUT2D eigenvalue weighted by Crippen LogP contribution is -2.39. The summed E-state index contributed by atoms with van der Waals surface area (Å²) in [5.41, 5.74) is 0. The van der Waals surface area contributed by atoms with Gasteiger partial charge in [-0.2, -0.15) is 0 Å². The summed E-state index contributed by atoms with van der Waals surface area (Å²) in [7, 11) is 1.63. The Morgan fingerprint density at radius 3 is 2.69 bits per heavy atom. The van der Waals surface area contributed by atoms with Gasteiger partial charge in [0.1, 0.15) is 0 Å². The van der Waals surface area contributed by atoms with Crippen molar-refractivity contribution >= 4 is 5.91 Å². The van der Waals surface area contributed by atoms with E-state index in [2.05, 4.69) is 24.5 Å². The predicted octanol–water partition coefficient (Wildman–Crippen LogP) is 1.31. The summed E-state index contributed by atoms with van der Waals surface area (Å²) < 4.78 is 4.86. The number of hydrogen-bond donors (Lipinski definition) is 2. The predicted molar refractivity (Wildman–Crippen MR) is 66.5 cm³/mol. The van der Waals surface area contributed by atoms with Crippen LogP contribution in [-0.4, -0.2) is 38.8 Å². The Bertz CT molecular complexity index is 174. The molecule has 2 N–H and O–H groups in total. The SMILES string of the molecule is CCCCC(CC)NCC(=O)NCCOC. The van der Waals surface area contributed by atoms with Crippen LogP contribution in [0.5, 0.6) is 0 Å². The first kappa shape index (κ1) is 15.4. The van der Waals surface area contributed by atoms with Crippen LogP contribution in [0.3, 0.4) is 0 Å². The summed E-state index contributed by atoms with van der Waals surface area (Å²) in [6.07, 6.45) is 4.65. The van der Waals surface area contributed by atoms with Crippen LogP contribution in [0, 0.1) is 0 Å². The number of amides is 1. The Morgan fingerprint density at radius 1 is 1.38 bits per heavy atom. The highest BCUT2D eigenvalue weighted by atomic mass is 16.5. The normalized spacial score (nSPS) is 12.4. The Morgan fingerprint density at radius 2 is 2.12 bits per heavy atom. The van der Waals surface area contributed by atoms with E-state index < -0.39 is 0 Å². The molecule has 0 saturated heterocycles. The highest BCUT2D eigenvalue weighted by molar-refractivity contribution is 5.77. The topological polar surface area (TPSA) is 50.4 Å². The Hall–Kier alpha value is -0.610. The molecule has 0 aromatic rings. The maximum Gasteiger partial charge on any atom is 0.234 e. The fraction of sp³-hybridized carbons (Fsp3) is 0.917. The number of hydrogen-bond acceptors (Lipinski definition) is 3. The molecule has 0 saturated carbocycles. The van der Waals surface area contributed by atoms with Crippen LogP contribution >= 0.6 is 0 Å². The molecule has 16 heavy (non-hydrogen) atoms. The number of unbranched alkanes of at least 4 members (excludes halogenated alkanes) is 1. The second-order valence-corrected chi connectivity index (χ2v) is 3.97. The molecule has 0 radical (unpaired) electrons. The van der Waals surface area contributed by atoms with Gasteiger partial charge >= 0.3 is 0 Å². The second-order valence-electron chi connectivity index (χ2n) is 3.97. The number of ether oxygens (including phenoxy) is 1. The van der Waals surface area contributed by atoms with Gasteiger partial charge in [-0.25, -0.2) is 0 Å². The molecule has 0 bridgehead atoms. The second kappa shape index (κ2) is 10.9. The fourth-order valence-electron chi connectivity index (χ4n) is 1.49. The molecule has 96 valence electrons. The van der Waals surface area contributed by atoms with Crippen molar-refractivity contribution in [2.75, 3.05) is 26.8 Å². The van der Waals surface area contributed by atoms with E-state index >= 15 is 0 Å². The molecular formula is C12H26N2O2. The molecule has 4 nitrogen and oxygen atoms in total. The summed E-state index contributed by atoms with van der Waals surface area (Å²) >= 11 is 0. The molecule has 0 aromatic heterocycles. The van der Waals surface area contributed by atoms with Crippen LogP contribution in [0.15, 0.2) is 0 Å². The summed E-state index contributed by atoms with van der Waals surface area (Å²) in [5.74, 6) is 0.0481. The highest BCUT2D eigenvalue weighted by Gasteiger charge is 2.07. The summed E-state index contributed by atoms with van der Waals surface area (Å²) in [4.78, 5) is 11.4. The van der Waals surface area contributed by atoms with Gasteiger partial charge in [0.2, 0.25) is 5.91 Å². The van der Waals surface area contributed by atoms with Crippen molar-refractivity contribution in [3.05, 3.63) is 0 Å². The third kappa shape index (κ3) is 8.68. The van der Waals surface area contributed by atoms with Crippen LogP contribution in [-0.2, 0) is 9.53 Å². The third-order valence-corrected chi connectivity index (χ3v) is 2.58. The lowest BCUT2D eigenvalue weighted by Gasteiger charge is -2.16. The van der Waals surface area contributed by atoms with Crippen LogP contribution < -0.4 is 10.6 Å². The largest absolute Gasteiger partial charge is 0.383 e. The van der Waals surface area contributed by atoms with Crippen LogP contribution in [0.2, 0.25) is 0 Å². The van der Waals surface area contributed by atoms with E-state index in [4.69, 9.17) is 4.74 Å². The van der Waals surface area contributed by atoms with Gasteiger partial charge in [-0.1, -0.05) is 26.7 Å². The van der Waals surface area contributed by atoms with Gasteiger partial charge in [0, 0.05) is 19.7 Å². The van der Waals surface area contributed by atoms with Gasteiger partial charge < -0.3 is 15.4 Å². The molecule has 0 aliphatic carbocycles. The van der Waals surface area contributed by atoms with Gasteiger partial charge in [0.15, 0.2) is 0 Å². The number of nitrogens with one attached hydrogen (secondary N) is 2. The highest BCUT2D eigenvalue weighted by Crippen LogP contribution is 2.03. The average Bonchev–Trinajstić information content (AvgIpc) is 2.30. The Balaban J connectivity index is 3.54. The first-order valence-electron chi connectivity index (χ1n) is 6.23. The van der Waals surface area contributed by atoms with E-state index in [1.165, 1.54) is 12.8 Å². The molecule has 1 atom stereocenters. The average molecular weight is 230 g/mol. The van der Waals surface area contributed by atoms with Crippen molar-refractivity contribution in [3.8, 4) is 0 Å². The standard InChI is InChI=1S/C12H26N2O2/c1-4-6-7-11(5-2)14-10-12(15)13-8-9-16-3/h11,14H,4-10H2,1-3H3,(H,13,15). The Labute approximate surface area is 99.1 Å². The minimum atomic E-state index is 0.0481. The van der Waals surface area contributed by atoms with Crippen molar-refractivity contribution in [2.24, 2.45) is 0 Å². The van der Waals surface area contributed by atoms with Gasteiger partial charge in [0.25, 0.3) is 0 Å². The van der Waals surface area contributed by atoms with Gasteiger partial charge in [0.05, 0.1) is 13.2 Å². The molecule has 0 aliphatic heterocycles. The number of methoxy groups -OCH3 is 1. The molecule has 1 amide bonds. The molecule has 0 heterocycles. The quantitative estimate of drug-likeness (QED) is 0.556. The zero-order valence-corrected chi connectivity index (χ0v) is 10.8. The maximum absolute atomic E-state index is 11.4. The molecule has 0 spiro atoms. The van der Waals surface area contributed by atoms with Crippen molar-refractivity contribution in [1.29, 1.82) is 0 Å². The van der Waals surface area contributed by atoms with Gasteiger partial charge in [-0.05, 0) is 12.8 Å². The van der Waals surface area contributed by atoms with Gasteiger partial charge in [-0.15, -0.1) is 0 Å². The van der Waals surface area contributed by atoms with Crippen LogP contribution in [0.4, 0.5) is 0 Å². The van der Waals surface area contributed by atoms with E-state index in [-0.39, 0.29) is 5.91 Å². The number of carbonyl (C=O) groups excluding carboxylic acids is 1. The lowest BCUT2D eigenvalue weighted by molar-refractivity contribution is -0.120. The van der Waals surface area contributed by atoms with Crippen molar-refractivity contribution in [2.45, 2.75) is 45.6 Å². The number of carbonyl (C=O) groups is 1. The zero-order chi connectivity index (χ0) is 12.2. The summed E-state index contributed by atoms with van der Waals surface area (Å²) in [5, 5.41) is 6.07. The molecule has 0 rings (SSSR count). The molecule has 0 aliphatic rings. The van der Waals surface area contributed by atoms with E-state index in [9.17, 15) is 4.79 Å². The monoisotopic (exact) mass is 230 g/mol. The van der Waals surface area contributed by atoms with Crippen LogP contribution in [0.1, 0.15) is 39.5 Å². The van der Waals surface area contributed by atoms with Crippen molar-refractivity contribution in [1.82, 2.24) is 10.6 Å². The minimum absolute atomic E-state index is 0.0481. The molecule has 0 aromatic carbocycles. The molecule has 4 heteroatoms. The summed E-state index contributed by atoms with van der Waals surface area (Å²) in [6.45, 7) is 5.90. The van der Waals surface area contributed by atoms with Gasteiger partial charge in [-0.3, -0.25) is 4.79 Å². The molecule has 0 fully saturated rings. The van der Waals surface area contributed by atoms with Crippen molar-refractivity contribution < 1.29 is 9.53 Å². The summed E-state index contributed by atoms with van der Waals surface area (Å²) in [6, 6.07) is 0.466. The van der Waals surface area contributed by atoms with E-state index in [0.717, 1.165) is 12.8 Å². The van der Waals surface area contributed by atoms with Crippen LogP contribution in [0.25, 0.3) is 0 Å². The number of rotatable bonds is 10. The maximum atomic E-state index is 11.4. The fourth-order valence-corrected chi connectivity index (χ4v) is 1.49. The first-order chi connectivity index (χ1) is 7.74. The molecular weight excluding hydrogens is 204 g/mol. The van der Waals surface area contributed by atoms with E-state index in [1.54, 1.807) is 7.11 Å². The minimum Gasteiger partial charge on any atom is -0.383 e. The Kier molecular flexibility index (Phi) is 10.5. The van der Waals surface area contributed by atoms with E-state index in [1.807, 2.05) is 0 Å². The first-order valence-corrected chi connectivity index (χ1v) is 6.23. The zero-order valence-electron chi connectivity index (χ0n) is 10.8.